The van der Waals surface area contributed by atoms with Gasteiger partial charge in [-0.25, -0.2) is 0 Å². The third-order valence-corrected chi connectivity index (χ3v) is 11.9. The van der Waals surface area contributed by atoms with Gasteiger partial charge in [-0.15, -0.1) is 0 Å². The quantitative estimate of drug-likeness (QED) is 0.0262. The molecule has 0 aromatic rings. The van der Waals surface area contributed by atoms with Crippen molar-refractivity contribution in [2.75, 3.05) is 13.2 Å². The Morgan fingerprint density at radius 1 is 0.311 bits per heavy atom. The monoisotopic (exact) mass is 859 g/mol. The first-order valence-corrected chi connectivity index (χ1v) is 26.8. The van der Waals surface area contributed by atoms with Gasteiger partial charge in [-0.1, -0.05) is 225 Å². The molecule has 0 fully saturated rings. The summed E-state index contributed by atoms with van der Waals surface area (Å²) in [5.41, 5.74) is 0. The van der Waals surface area contributed by atoms with E-state index in [0.29, 0.717) is 19.3 Å². The number of hydrogen-bond acceptors (Lipinski definition) is 6. The predicted octanol–water partition coefficient (Wildman–Crippen LogP) is 17.5. The lowest BCUT2D eigenvalue weighted by Gasteiger charge is -2.18. The smallest absolute Gasteiger partial charge is 0.306 e. The molecule has 0 saturated carbocycles. The van der Waals surface area contributed by atoms with Crippen LogP contribution in [-0.2, 0) is 28.6 Å². The minimum Gasteiger partial charge on any atom is -0.462 e. The van der Waals surface area contributed by atoms with Crippen LogP contribution in [0.4, 0.5) is 0 Å². The van der Waals surface area contributed by atoms with Crippen LogP contribution in [0, 0.1) is 0 Å². The summed E-state index contributed by atoms with van der Waals surface area (Å²) in [4.78, 5) is 38.0. The molecule has 0 aromatic carbocycles. The topological polar surface area (TPSA) is 78.9 Å². The van der Waals surface area contributed by atoms with Gasteiger partial charge in [0.05, 0.1) is 0 Å². The second-order valence-electron chi connectivity index (χ2n) is 18.1. The van der Waals surface area contributed by atoms with Crippen molar-refractivity contribution in [1.82, 2.24) is 0 Å². The van der Waals surface area contributed by atoms with Crippen molar-refractivity contribution in [3.63, 3.8) is 0 Å². The third kappa shape index (κ3) is 48.8. The molecule has 6 heteroatoms. The maximum Gasteiger partial charge on any atom is 0.306 e. The van der Waals surface area contributed by atoms with Gasteiger partial charge in [-0.3, -0.25) is 14.4 Å². The standard InChI is InChI=1S/C55H102O6/c1-4-7-10-13-16-19-22-25-26-27-28-29-31-33-36-39-42-45-48-54(57)60-51-52(50-59-53(56)47-44-41-38-35-32-24-21-18-15-12-9-6-3)61-55(58)49-46-43-40-37-34-30-23-20-17-14-11-8-5-2/h18,21,30,34,52H,4-17,19-20,22-29,31-33,35-51H2,1-3H3/b21-18-,34-30-. The summed E-state index contributed by atoms with van der Waals surface area (Å²) in [5.74, 6) is -0.888. The van der Waals surface area contributed by atoms with Gasteiger partial charge < -0.3 is 14.2 Å². The molecule has 358 valence electrons. The predicted molar refractivity (Wildman–Crippen MR) is 261 cm³/mol. The van der Waals surface area contributed by atoms with E-state index in [9.17, 15) is 14.4 Å². The second-order valence-corrected chi connectivity index (χ2v) is 18.1. The lowest BCUT2D eigenvalue weighted by Crippen LogP contribution is -2.30. The first-order valence-electron chi connectivity index (χ1n) is 26.8. The van der Waals surface area contributed by atoms with Crippen molar-refractivity contribution in [1.29, 1.82) is 0 Å². The molecule has 0 aliphatic carbocycles. The molecular formula is C55H102O6. The Morgan fingerprint density at radius 2 is 0.541 bits per heavy atom. The molecule has 6 nitrogen and oxygen atoms in total. The maximum atomic E-state index is 12.8. The Balaban J connectivity index is 4.31. The van der Waals surface area contributed by atoms with Crippen LogP contribution in [0.3, 0.4) is 0 Å². The van der Waals surface area contributed by atoms with E-state index in [-0.39, 0.29) is 31.1 Å². The molecule has 61 heavy (non-hydrogen) atoms. The fourth-order valence-electron chi connectivity index (χ4n) is 7.84. The molecule has 0 aromatic heterocycles. The summed E-state index contributed by atoms with van der Waals surface area (Å²) >= 11 is 0. The minimum absolute atomic E-state index is 0.0760. The normalized spacial score (nSPS) is 12.1. The second kappa shape index (κ2) is 50.5. The average molecular weight is 859 g/mol. The Bertz CT molecular complexity index is 989. The number of esters is 3. The zero-order valence-electron chi connectivity index (χ0n) is 40.9. The van der Waals surface area contributed by atoms with Crippen LogP contribution < -0.4 is 0 Å². The van der Waals surface area contributed by atoms with Gasteiger partial charge in [0.1, 0.15) is 13.2 Å². The van der Waals surface area contributed by atoms with E-state index in [2.05, 4.69) is 45.1 Å². The number of unbranched alkanes of at least 4 members (excludes halogenated alkanes) is 34. The summed E-state index contributed by atoms with van der Waals surface area (Å²) < 4.78 is 16.8. The Morgan fingerprint density at radius 3 is 0.869 bits per heavy atom. The van der Waals surface area contributed by atoms with E-state index in [0.717, 1.165) is 77.0 Å². The largest absolute Gasteiger partial charge is 0.462 e. The first-order chi connectivity index (χ1) is 30.0. The molecule has 1 atom stereocenters. The molecule has 0 rings (SSSR count). The average Bonchev–Trinajstić information content (AvgIpc) is 3.26. The molecule has 0 bridgehead atoms. The van der Waals surface area contributed by atoms with Gasteiger partial charge in [-0.05, 0) is 70.6 Å². The highest BCUT2D eigenvalue weighted by molar-refractivity contribution is 5.71. The molecule has 0 saturated heterocycles. The lowest BCUT2D eigenvalue weighted by atomic mass is 10.0. The summed E-state index contributed by atoms with van der Waals surface area (Å²) in [6.07, 6.45) is 57.4. The summed E-state index contributed by atoms with van der Waals surface area (Å²) in [5, 5.41) is 0. The van der Waals surface area contributed by atoms with Crippen molar-refractivity contribution in [3.8, 4) is 0 Å². The first kappa shape index (κ1) is 58.9. The Labute approximate surface area is 379 Å². The van der Waals surface area contributed by atoms with Crippen LogP contribution >= 0.6 is 0 Å². The number of hydrogen-bond donors (Lipinski definition) is 0. The highest BCUT2D eigenvalue weighted by atomic mass is 16.6. The Kier molecular flexibility index (Phi) is 48.8. The number of allylic oxidation sites excluding steroid dienone is 4. The van der Waals surface area contributed by atoms with Crippen LogP contribution in [0.25, 0.3) is 0 Å². The van der Waals surface area contributed by atoms with E-state index in [1.807, 2.05) is 0 Å². The van der Waals surface area contributed by atoms with Crippen molar-refractivity contribution in [2.24, 2.45) is 0 Å². The van der Waals surface area contributed by atoms with E-state index in [1.54, 1.807) is 0 Å². The van der Waals surface area contributed by atoms with Crippen molar-refractivity contribution in [2.45, 2.75) is 297 Å². The molecule has 0 aliphatic heterocycles. The van der Waals surface area contributed by atoms with E-state index < -0.39 is 6.10 Å². The fraction of sp³-hybridized carbons (Fsp3) is 0.873. The van der Waals surface area contributed by atoms with E-state index in [4.69, 9.17) is 14.2 Å². The van der Waals surface area contributed by atoms with Crippen molar-refractivity contribution < 1.29 is 28.6 Å². The molecule has 0 aliphatic rings. The SMILES string of the molecule is CCCCC/C=C\CCCCCCCC(=O)OCC(COC(=O)CCCCCCCCCCCCCCCCCCCC)OC(=O)CCCCC/C=C\CCCCCCCC. The summed E-state index contributed by atoms with van der Waals surface area (Å²) in [6.45, 7) is 6.62. The molecule has 0 N–H and O–H groups in total. The van der Waals surface area contributed by atoms with Gasteiger partial charge in [0.15, 0.2) is 6.10 Å². The number of carbonyl (C=O) groups is 3. The molecule has 0 amide bonds. The summed E-state index contributed by atoms with van der Waals surface area (Å²) in [7, 11) is 0. The number of rotatable bonds is 49. The van der Waals surface area contributed by atoms with Gasteiger partial charge >= 0.3 is 17.9 Å². The molecule has 0 radical (unpaired) electrons. The van der Waals surface area contributed by atoms with Crippen molar-refractivity contribution in [3.05, 3.63) is 24.3 Å². The van der Waals surface area contributed by atoms with Crippen LogP contribution in [0.2, 0.25) is 0 Å². The zero-order chi connectivity index (χ0) is 44.4. The van der Waals surface area contributed by atoms with Crippen molar-refractivity contribution >= 4 is 17.9 Å². The highest BCUT2D eigenvalue weighted by Crippen LogP contribution is 2.16. The highest BCUT2D eigenvalue weighted by Gasteiger charge is 2.19. The van der Waals surface area contributed by atoms with Crippen LogP contribution in [0.1, 0.15) is 290 Å². The molecule has 0 spiro atoms. The number of ether oxygens (including phenoxy) is 3. The van der Waals surface area contributed by atoms with Crippen LogP contribution in [-0.4, -0.2) is 37.2 Å². The summed E-state index contributed by atoms with van der Waals surface area (Å²) in [6, 6.07) is 0. The van der Waals surface area contributed by atoms with E-state index in [1.165, 1.54) is 173 Å². The van der Waals surface area contributed by atoms with E-state index >= 15 is 0 Å². The number of carbonyl (C=O) groups excluding carboxylic acids is 3. The molecule has 0 heterocycles. The van der Waals surface area contributed by atoms with Crippen LogP contribution in [0.5, 0.6) is 0 Å². The van der Waals surface area contributed by atoms with Crippen LogP contribution in [0.15, 0.2) is 24.3 Å². The van der Waals surface area contributed by atoms with Gasteiger partial charge in [0.25, 0.3) is 0 Å². The molecular weight excluding hydrogens is 757 g/mol. The van der Waals surface area contributed by atoms with Gasteiger partial charge in [0.2, 0.25) is 0 Å². The van der Waals surface area contributed by atoms with Gasteiger partial charge in [-0.2, -0.15) is 0 Å². The molecule has 1 unspecified atom stereocenters. The third-order valence-electron chi connectivity index (χ3n) is 11.9. The Hall–Kier alpha value is -2.11. The fourth-order valence-corrected chi connectivity index (χ4v) is 7.84. The lowest BCUT2D eigenvalue weighted by molar-refractivity contribution is -0.167. The zero-order valence-corrected chi connectivity index (χ0v) is 40.9. The minimum atomic E-state index is -0.777. The van der Waals surface area contributed by atoms with Gasteiger partial charge in [0, 0.05) is 19.3 Å². The maximum absolute atomic E-state index is 12.8.